The molecule has 0 aromatic heterocycles. The Balaban J connectivity index is 1.97. The minimum Gasteiger partial charge on any atom is -0.378 e. The van der Waals surface area contributed by atoms with E-state index in [1.165, 1.54) is 12.1 Å². The highest BCUT2D eigenvalue weighted by atomic mass is 32.2. The predicted molar refractivity (Wildman–Crippen MR) is 77.9 cm³/mol. The summed E-state index contributed by atoms with van der Waals surface area (Å²) < 4.78 is 46.0. The van der Waals surface area contributed by atoms with Crippen molar-refractivity contribution in [1.29, 1.82) is 0 Å². The van der Waals surface area contributed by atoms with Crippen molar-refractivity contribution in [3.05, 3.63) is 29.6 Å². The van der Waals surface area contributed by atoms with Gasteiger partial charge in [-0.1, -0.05) is 6.07 Å². The fourth-order valence-electron chi connectivity index (χ4n) is 2.38. The first-order valence-electron chi connectivity index (χ1n) is 7.07. The van der Waals surface area contributed by atoms with Crippen LogP contribution in [0.5, 0.6) is 0 Å². The highest BCUT2D eigenvalue weighted by molar-refractivity contribution is 7.89. The molecule has 1 atom stereocenters. The van der Waals surface area contributed by atoms with Gasteiger partial charge >= 0.3 is 0 Å². The number of benzene rings is 1. The van der Waals surface area contributed by atoms with E-state index in [0.717, 1.165) is 19.4 Å². The number of halogens is 1. The average Bonchev–Trinajstić information content (AvgIpc) is 2.92. The SMILES string of the molecule is CNCc1ccc(S(=O)(=O)NCCC2CCCO2)c(F)c1. The predicted octanol–water partition coefficient (Wildman–Crippen LogP) is 1.39. The third-order valence-electron chi connectivity index (χ3n) is 3.45. The monoisotopic (exact) mass is 316 g/mol. The van der Waals surface area contributed by atoms with Crippen LogP contribution in [0.2, 0.25) is 0 Å². The Kier molecular flexibility index (Phi) is 5.69. The first kappa shape index (κ1) is 16.4. The molecule has 1 unspecified atom stereocenters. The zero-order chi connectivity index (χ0) is 15.3. The molecular weight excluding hydrogens is 295 g/mol. The third kappa shape index (κ3) is 4.47. The Hall–Kier alpha value is -1.02. The summed E-state index contributed by atoms with van der Waals surface area (Å²) in [6.07, 6.45) is 2.68. The van der Waals surface area contributed by atoms with Gasteiger partial charge in [0.1, 0.15) is 10.7 Å². The van der Waals surface area contributed by atoms with Gasteiger partial charge in [0.05, 0.1) is 6.10 Å². The van der Waals surface area contributed by atoms with E-state index in [2.05, 4.69) is 10.0 Å². The van der Waals surface area contributed by atoms with Gasteiger partial charge in [0.25, 0.3) is 0 Å². The van der Waals surface area contributed by atoms with Gasteiger partial charge in [-0.25, -0.2) is 17.5 Å². The van der Waals surface area contributed by atoms with Crippen molar-refractivity contribution in [2.45, 2.75) is 36.8 Å². The summed E-state index contributed by atoms with van der Waals surface area (Å²) in [5, 5.41) is 2.89. The highest BCUT2D eigenvalue weighted by Gasteiger charge is 2.21. The quantitative estimate of drug-likeness (QED) is 0.798. The summed E-state index contributed by atoms with van der Waals surface area (Å²) in [4.78, 5) is -0.310. The maximum atomic E-state index is 13.9. The van der Waals surface area contributed by atoms with Crippen LogP contribution in [0.25, 0.3) is 0 Å². The van der Waals surface area contributed by atoms with Crippen molar-refractivity contribution in [1.82, 2.24) is 10.0 Å². The lowest BCUT2D eigenvalue weighted by Crippen LogP contribution is -2.28. The van der Waals surface area contributed by atoms with E-state index < -0.39 is 15.8 Å². The molecule has 1 heterocycles. The molecule has 0 bridgehead atoms. The summed E-state index contributed by atoms with van der Waals surface area (Å²) >= 11 is 0. The van der Waals surface area contributed by atoms with Crippen molar-refractivity contribution >= 4 is 10.0 Å². The van der Waals surface area contributed by atoms with E-state index in [9.17, 15) is 12.8 Å². The van der Waals surface area contributed by atoms with E-state index in [4.69, 9.17) is 4.74 Å². The molecule has 1 aromatic rings. The van der Waals surface area contributed by atoms with E-state index in [1.807, 2.05) is 0 Å². The fourth-order valence-corrected chi connectivity index (χ4v) is 3.49. The first-order valence-corrected chi connectivity index (χ1v) is 8.55. The summed E-state index contributed by atoms with van der Waals surface area (Å²) in [6, 6.07) is 4.15. The topological polar surface area (TPSA) is 67.4 Å². The molecule has 0 spiro atoms. The lowest BCUT2D eigenvalue weighted by Gasteiger charge is -2.11. The van der Waals surface area contributed by atoms with E-state index in [1.54, 1.807) is 13.1 Å². The molecule has 2 rings (SSSR count). The van der Waals surface area contributed by atoms with Crippen molar-refractivity contribution < 1.29 is 17.5 Å². The first-order chi connectivity index (χ1) is 10.0. The second-order valence-corrected chi connectivity index (χ2v) is 6.85. The Bertz CT molecular complexity index is 572. The minimum atomic E-state index is -3.82. The van der Waals surface area contributed by atoms with Crippen LogP contribution in [-0.4, -0.2) is 34.7 Å². The molecule has 0 aliphatic carbocycles. The van der Waals surface area contributed by atoms with E-state index in [-0.39, 0.29) is 17.5 Å². The third-order valence-corrected chi connectivity index (χ3v) is 4.94. The van der Waals surface area contributed by atoms with Crippen LogP contribution < -0.4 is 10.0 Å². The average molecular weight is 316 g/mol. The number of hydrogen-bond donors (Lipinski definition) is 2. The van der Waals surface area contributed by atoms with Crippen molar-refractivity contribution in [2.24, 2.45) is 0 Å². The number of rotatable bonds is 7. The number of ether oxygens (including phenoxy) is 1. The summed E-state index contributed by atoms with van der Waals surface area (Å²) in [7, 11) is -2.07. The van der Waals surface area contributed by atoms with Gasteiger partial charge in [-0.2, -0.15) is 0 Å². The van der Waals surface area contributed by atoms with Crippen LogP contribution in [0, 0.1) is 5.82 Å². The molecular formula is C14H21FN2O3S. The standard InChI is InChI=1S/C14H21FN2O3S/c1-16-10-11-4-5-14(13(15)9-11)21(18,19)17-7-6-12-3-2-8-20-12/h4-5,9,12,16-17H,2-3,6-8,10H2,1H3. The molecule has 1 saturated heterocycles. The molecule has 0 radical (unpaired) electrons. The van der Waals surface area contributed by atoms with Gasteiger partial charge in [-0.05, 0) is 44.0 Å². The van der Waals surface area contributed by atoms with Gasteiger partial charge < -0.3 is 10.1 Å². The smallest absolute Gasteiger partial charge is 0.243 e. The van der Waals surface area contributed by atoms with Gasteiger partial charge in [-0.15, -0.1) is 0 Å². The molecule has 2 N–H and O–H groups in total. The normalized spacial score (nSPS) is 19.0. The summed E-state index contributed by atoms with van der Waals surface area (Å²) in [6.45, 7) is 1.48. The zero-order valence-corrected chi connectivity index (χ0v) is 12.9. The molecule has 0 saturated carbocycles. The number of hydrogen-bond acceptors (Lipinski definition) is 4. The molecule has 1 aliphatic heterocycles. The summed E-state index contributed by atoms with van der Waals surface area (Å²) in [5.74, 6) is -0.729. The minimum absolute atomic E-state index is 0.107. The van der Waals surface area contributed by atoms with Crippen LogP contribution in [0.4, 0.5) is 4.39 Å². The largest absolute Gasteiger partial charge is 0.378 e. The molecule has 118 valence electrons. The van der Waals surface area contributed by atoms with Crippen LogP contribution in [0.1, 0.15) is 24.8 Å². The fraction of sp³-hybridized carbons (Fsp3) is 0.571. The molecule has 1 aromatic carbocycles. The molecule has 0 amide bonds. The second-order valence-electron chi connectivity index (χ2n) is 5.12. The van der Waals surface area contributed by atoms with E-state index >= 15 is 0 Å². The second kappa shape index (κ2) is 7.31. The molecule has 1 aliphatic rings. The van der Waals surface area contributed by atoms with Crippen LogP contribution in [0.3, 0.4) is 0 Å². The van der Waals surface area contributed by atoms with Crippen LogP contribution in [-0.2, 0) is 21.3 Å². The maximum absolute atomic E-state index is 13.9. The van der Waals surface area contributed by atoms with Crippen molar-refractivity contribution in [3.63, 3.8) is 0 Å². The number of sulfonamides is 1. The van der Waals surface area contributed by atoms with Crippen molar-refractivity contribution in [2.75, 3.05) is 20.2 Å². The van der Waals surface area contributed by atoms with Crippen LogP contribution in [0.15, 0.2) is 23.1 Å². The molecule has 21 heavy (non-hydrogen) atoms. The van der Waals surface area contributed by atoms with Gasteiger partial charge in [0.2, 0.25) is 10.0 Å². The Morgan fingerprint density at radius 1 is 1.43 bits per heavy atom. The van der Waals surface area contributed by atoms with Crippen molar-refractivity contribution in [3.8, 4) is 0 Å². The van der Waals surface area contributed by atoms with Gasteiger partial charge in [0.15, 0.2) is 0 Å². The maximum Gasteiger partial charge on any atom is 0.243 e. The Morgan fingerprint density at radius 2 is 2.24 bits per heavy atom. The molecule has 5 nitrogen and oxygen atoms in total. The Labute approximate surface area is 124 Å². The zero-order valence-electron chi connectivity index (χ0n) is 12.1. The molecule has 1 fully saturated rings. The van der Waals surface area contributed by atoms with Gasteiger partial charge in [0, 0.05) is 19.7 Å². The highest BCUT2D eigenvalue weighted by Crippen LogP contribution is 2.17. The lowest BCUT2D eigenvalue weighted by atomic mass is 10.2. The van der Waals surface area contributed by atoms with Gasteiger partial charge in [-0.3, -0.25) is 0 Å². The molecule has 7 heteroatoms. The van der Waals surface area contributed by atoms with Crippen LogP contribution >= 0.6 is 0 Å². The Morgan fingerprint density at radius 3 is 2.86 bits per heavy atom. The summed E-state index contributed by atoms with van der Waals surface area (Å²) in [5.41, 5.74) is 0.702. The van der Waals surface area contributed by atoms with E-state index in [0.29, 0.717) is 18.5 Å². The lowest BCUT2D eigenvalue weighted by molar-refractivity contribution is 0.105. The number of nitrogens with one attached hydrogen (secondary N) is 2.